The van der Waals surface area contributed by atoms with Gasteiger partial charge in [0.1, 0.15) is 5.75 Å². The van der Waals surface area contributed by atoms with Gasteiger partial charge < -0.3 is 20.3 Å². The highest BCUT2D eigenvalue weighted by atomic mass is 16.5. The van der Waals surface area contributed by atoms with Crippen LogP contribution in [0.4, 0.5) is 10.5 Å². The number of carbonyl (C=O) groups is 2. The second kappa shape index (κ2) is 11.2. The van der Waals surface area contributed by atoms with Gasteiger partial charge in [0, 0.05) is 31.2 Å². The number of nitrogens with one attached hydrogen (secondary N) is 2. The summed E-state index contributed by atoms with van der Waals surface area (Å²) in [5, 5.41) is 6.13. The van der Waals surface area contributed by atoms with Crippen LogP contribution in [0.15, 0.2) is 54.6 Å². The van der Waals surface area contributed by atoms with E-state index in [1.165, 1.54) is 18.4 Å². The predicted octanol–water partition coefficient (Wildman–Crippen LogP) is 3.89. The second-order valence-electron chi connectivity index (χ2n) is 8.83. The molecule has 1 atom stereocenters. The van der Waals surface area contributed by atoms with E-state index in [1.54, 1.807) is 7.11 Å². The number of piperidine rings is 1. The summed E-state index contributed by atoms with van der Waals surface area (Å²) in [5.74, 6) is 0.808. The van der Waals surface area contributed by atoms with Crippen molar-refractivity contribution in [2.45, 2.75) is 31.7 Å². The molecule has 2 aromatic rings. The van der Waals surface area contributed by atoms with Gasteiger partial charge in [-0.05, 0) is 68.6 Å². The van der Waals surface area contributed by atoms with Crippen LogP contribution in [-0.2, 0) is 4.79 Å². The molecule has 2 heterocycles. The molecular weight excluding hydrogens is 416 g/mol. The van der Waals surface area contributed by atoms with E-state index in [1.807, 2.05) is 47.4 Å². The van der Waals surface area contributed by atoms with Crippen molar-refractivity contribution in [1.29, 1.82) is 0 Å². The maximum absolute atomic E-state index is 12.9. The molecule has 0 saturated carbocycles. The number of methoxy groups -OCH3 is 1. The number of benzene rings is 2. The molecule has 4 rings (SSSR count). The minimum absolute atomic E-state index is 0.0369. The number of hydrogen-bond donors (Lipinski definition) is 2. The first-order chi connectivity index (χ1) is 16.1. The zero-order chi connectivity index (χ0) is 23.0. The molecule has 1 unspecified atom stereocenters. The fourth-order valence-electron chi connectivity index (χ4n) is 4.74. The van der Waals surface area contributed by atoms with Gasteiger partial charge in [0.2, 0.25) is 5.91 Å². The van der Waals surface area contributed by atoms with Crippen LogP contribution in [0.2, 0.25) is 0 Å². The highest BCUT2D eigenvalue weighted by Gasteiger charge is 2.29. The molecule has 2 aliphatic heterocycles. The maximum atomic E-state index is 12.9. The first-order valence-corrected chi connectivity index (χ1v) is 11.9. The second-order valence-corrected chi connectivity index (χ2v) is 8.83. The van der Waals surface area contributed by atoms with Crippen LogP contribution in [0, 0.1) is 5.92 Å². The highest BCUT2D eigenvalue weighted by molar-refractivity contribution is 5.92. The molecule has 2 N–H and O–H groups in total. The third-order valence-electron chi connectivity index (χ3n) is 6.72. The Bertz CT molecular complexity index is 905. The quantitative estimate of drug-likeness (QED) is 0.671. The summed E-state index contributed by atoms with van der Waals surface area (Å²) in [6.45, 7) is 3.85. The van der Waals surface area contributed by atoms with Gasteiger partial charge in [-0.15, -0.1) is 0 Å². The molecule has 33 heavy (non-hydrogen) atoms. The number of hydrogen-bond acceptors (Lipinski definition) is 4. The van der Waals surface area contributed by atoms with Crippen molar-refractivity contribution < 1.29 is 14.3 Å². The van der Waals surface area contributed by atoms with Crippen molar-refractivity contribution in [2.24, 2.45) is 5.92 Å². The molecule has 2 aliphatic rings. The van der Waals surface area contributed by atoms with Crippen LogP contribution >= 0.6 is 0 Å². The van der Waals surface area contributed by atoms with Crippen LogP contribution in [0.3, 0.4) is 0 Å². The lowest BCUT2D eigenvalue weighted by Gasteiger charge is -2.33. The third kappa shape index (κ3) is 6.05. The predicted molar refractivity (Wildman–Crippen MR) is 129 cm³/mol. The zero-order valence-electron chi connectivity index (χ0n) is 19.3. The Hall–Kier alpha value is -3.06. The number of urea groups is 1. The molecule has 0 aliphatic carbocycles. The van der Waals surface area contributed by atoms with Crippen molar-refractivity contribution in [3.63, 3.8) is 0 Å². The molecule has 7 nitrogen and oxygen atoms in total. The van der Waals surface area contributed by atoms with Crippen LogP contribution in [0.5, 0.6) is 5.75 Å². The topological polar surface area (TPSA) is 73.9 Å². The number of anilines is 1. The summed E-state index contributed by atoms with van der Waals surface area (Å²) in [6, 6.07) is 17.8. The van der Waals surface area contributed by atoms with Gasteiger partial charge in [-0.1, -0.05) is 30.3 Å². The lowest BCUT2D eigenvalue weighted by molar-refractivity contribution is -0.121. The summed E-state index contributed by atoms with van der Waals surface area (Å²) in [6.07, 6.45) is 3.75. The molecule has 0 bridgehead atoms. The van der Waals surface area contributed by atoms with E-state index in [9.17, 15) is 9.59 Å². The molecular formula is C26H34N4O3. The number of rotatable bonds is 7. The van der Waals surface area contributed by atoms with Crippen molar-refractivity contribution in [3.05, 3.63) is 60.2 Å². The summed E-state index contributed by atoms with van der Waals surface area (Å²) in [5.41, 5.74) is 2.00. The maximum Gasteiger partial charge on any atom is 0.317 e. The normalized spacial score (nSPS) is 18.0. The molecule has 0 aromatic heterocycles. The largest absolute Gasteiger partial charge is 0.497 e. The molecule has 0 spiro atoms. The van der Waals surface area contributed by atoms with Gasteiger partial charge in [-0.25, -0.2) is 4.79 Å². The van der Waals surface area contributed by atoms with Gasteiger partial charge in [-0.3, -0.25) is 9.69 Å². The van der Waals surface area contributed by atoms with Gasteiger partial charge in [0.25, 0.3) is 0 Å². The van der Waals surface area contributed by atoms with Crippen LogP contribution < -0.4 is 15.4 Å². The van der Waals surface area contributed by atoms with Crippen molar-refractivity contribution >= 4 is 17.6 Å². The molecule has 3 amide bonds. The van der Waals surface area contributed by atoms with Crippen molar-refractivity contribution in [3.8, 4) is 5.75 Å². The summed E-state index contributed by atoms with van der Waals surface area (Å²) in [7, 11) is 1.67. The van der Waals surface area contributed by atoms with Crippen molar-refractivity contribution in [2.75, 3.05) is 45.2 Å². The Kier molecular flexibility index (Phi) is 7.83. The number of amides is 3. The van der Waals surface area contributed by atoms with E-state index >= 15 is 0 Å². The number of ether oxygens (including phenoxy) is 1. The summed E-state index contributed by atoms with van der Waals surface area (Å²) < 4.78 is 5.29. The molecule has 7 heteroatoms. The van der Waals surface area contributed by atoms with E-state index in [2.05, 4.69) is 27.7 Å². The minimum Gasteiger partial charge on any atom is -0.497 e. The van der Waals surface area contributed by atoms with E-state index in [0.717, 1.165) is 24.5 Å². The van der Waals surface area contributed by atoms with E-state index in [0.29, 0.717) is 32.5 Å². The van der Waals surface area contributed by atoms with Crippen LogP contribution in [0.1, 0.15) is 37.3 Å². The van der Waals surface area contributed by atoms with E-state index in [4.69, 9.17) is 4.74 Å². The van der Waals surface area contributed by atoms with E-state index in [-0.39, 0.29) is 23.9 Å². The summed E-state index contributed by atoms with van der Waals surface area (Å²) in [4.78, 5) is 29.7. The number of carbonyl (C=O) groups excluding carboxylic acids is 2. The lowest BCUT2D eigenvalue weighted by Crippen LogP contribution is -2.48. The average Bonchev–Trinajstić information content (AvgIpc) is 3.40. The standard InChI is InChI=1S/C26H34N4O3/c1-33-23-11-9-20(10-12-23)24(29-15-5-6-16-29)19-27-26(32)30-17-13-21(14-18-30)25(31)28-22-7-3-2-4-8-22/h2-4,7-12,21,24H,5-6,13-19H2,1H3,(H,27,32)(H,28,31). The van der Waals surface area contributed by atoms with Crippen molar-refractivity contribution in [1.82, 2.24) is 15.1 Å². The van der Waals surface area contributed by atoms with Gasteiger partial charge in [0.15, 0.2) is 0 Å². The SMILES string of the molecule is COc1ccc(C(CNC(=O)N2CCC(C(=O)Nc3ccccc3)CC2)N2CCCC2)cc1. The Balaban J connectivity index is 1.28. The Morgan fingerprint density at radius 1 is 0.970 bits per heavy atom. The smallest absolute Gasteiger partial charge is 0.317 e. The number of likely N-dealkylation sites (tertiary alicyclic amines) is 2. The number of nitrogens with zero attached hydrogens (tertiary/aromatic N) is 2. The van der Waals surface area contributed by atoms with Crippen LogP contribution in [-0.4, -0.2) is 61.6 Å². The molecule has 2 aromatic carbocycles. The minimum atomic E-state index is -0.0640. The zero-order valence-corrected chi connectivity index (χ0v) is 19.3. The van der Waals surface area contributed by atoms with Crippen LogP contribution in [0.25, 0.3) is 0 Å². The average molecular weight is 451 g/mol. The fourth-order valence-corrected chi connectivity index (χ4v) is 4.74. The Morgan fingerprint density at radius 2 is 1.64 bits per heavy atom. The molecule has 176 valence electrons. The van der Waals surface area contributed by atoms with Gasteiger partial charge in [0.05, 0.1) is 13.2 Å². The number of para-hydroxylation sites is 1. The first kappa shape index (κ1) is 23.1. The third-order valence-corrected chi connectivity index (χ3v) is 6.72. The highest BCUT2D eigenvalue weighted by Crippen LogP contribution is 2.26. The Labute approximate surface area is 196 Å². The Morgan fingerprint density at radius 3 is 2.27 bits per heavy atom. The van der Waals surface area contributed by atoms with Gasteiger partial charge in [-0.2, -0.15) is 0 Å². The first-order valence-electron chi connectivity index (χ1n) is 11.9. The lowest BCUT2D eigenvalue weighted by atomic mass is 9.96. The van der Waals surface area contributed by atoms with Gasteiger partial charge >= 0.3 is 6.03 Å². The molecule has 2 fully saturated rings. The van der Waals surface area contributed by atoms with E-state index < -0.39 is 0 Å². The fraction of sp³-hybridized carbons (Fsp3) is 0.462. The molecule has 0 radical (unpaired) electrons. The monoisotopic (exact) mass is 450 g/mol. The molecule has 2 saturated heterocycles. The summed E-state index contributed by atoms with van der Waals surface area (Å²) >= 11 is 0.